The number of benzene rings is 2. The van der Waals surface area contributed by atoms with Crippen LogP contribution in [0, 0.1) is 0 Å². The molecule has 1 aliphatic rings. The van der Waals surface area contributed by atoms with Crippen LogP contribution in [-0.2, 0) is 21.7 Å². The van der Waals surface area contributed by atoms with Gasteiger partial charge < -0.3 is 10.0 Å². The van der Waals surface area contributed by atoms with Gasteiger partial charge in [-0.05, 0) is 24.1 Å². The van der Waals surface area contributed by atoms with Crippen LogP contribution in [0.15, 0.2) is 66.7 Å². The molecular formula is C22H23NO3. The van der Waals surface area contributed by atoms with E-state index < -0.39 is 11.5 Å². The number of carbonyl (C=O) groups is 2. The van der Waals surface area contributed by atoms with Crippen LogP contribution in [0.2, 0.25) is 0 Å². The molecule has 0 aromatic heterocycles. The topological polar surface area (TPSA) is 57.6 Å². The number of carbonyl (C=O) groups excluding carboxylic acids is 2. The zero-order valence-corrected chi connectivity index (χ0v) is 14.9. The minimum absolute atomic E-state index is 0.242. The molecule has 1 unspecified atom stereocenters. The van der Waals surface area contributed by atoms with Gasteiger partial charge in [-0.3, -0.25) is 9.59 Å². The maximum absolute atomic E-state index is 13.1. The zero-order valence-electron chi connectivity index (χ0n) is 14.9. The number of amides is 1. The largest absolute Gasteiger partial charge is 0.375 e. The van der Waals surface area contributed by atoms with Gasteiger partial charge in [0, 0.05) is 5.56 Å². The lowest BCUT2D eigenvalue weighted by atomic mass is 9.90. The van der Waals surface area contributed by atoms with E-state index in [1.807, 2.05) is 49.4 Å². The van der Waals surface area contributed by atoms with Gasteiger partial charge in [-0.25, -0.2) is 0 Å². The van der Waals surface area contributed by atoms with E-state index in [2.05, 4.69) is 0 Å². The van der Waals surface area contributed by atoms with Gasteiger partial charge in [0.1, 0.15) is 0 Å². The molecule has 1 atom stereocenters. The lowest BCUT2D eigenvalue weighted by molar-refractivity contribution is -0.140. The Labute approximate surface area is 153 Å². The predicted molar refractivity (Wildman–Crippen MR) is 102 cm³/mol. The molecule has 0 saturated heterocycles. The van der Waals surface area contributed by atoms with Crippen molar-refractivity contribution in [2.45, 2.75) is 38.3 Å². The number of anilines is 1. The third-order valence-corrected chi connectivity index (χ3v) is 4.61. The molecular weight excluding hydrogens is 326 g/mol. The fraction of sp³-hybridized carbons (Fsp3) is 0.273. The molecule has 3 rings (SSSR count). The van der Waals surface area contributed by atoms with E-state index in [-0.39, 0.29) is 12.2 Å². The van der Waals surface area contributed by atoms with Crippen molar-refractivity contribution < 1.29 is 14.7 Å². The summed E-state index contributed by atoms with van der Waals surface area (Å²) in [5.74, 6) is -0.689. The van der Waals surface area contributed by atoms with Crippen LogP contribution >= 0.6 is 0 Å². The average molecular weight is 349 g/mol. The van der Waals surface area contributed by atoms with Gasteiger partial charge in [0.2, 0.25) is 0 Å². The number of aliphatic hydroxyl groups is 1. The number of allylic oxidation sites excluding steroid dienone is 2. The van der Waals surface area contributed by atoms with Gasteiger partial charge in [-0.2, -0.15) is 0 Å². The second kappa shape index (κ2) is 7.67. The van der Waals surface area contributed by atoms with Crippen LogP contribution in [-0.4, -0.2) is 16.8 Å². The van der Waals surface area contributed by atoms with Gasteiger partial charge in [0.05, 0.1) is 18.7 Å². The monoisotopic (exact) mass is 349 g/mol. The SMILES string of the molecule is CCC/C=C/C(=O)CC1(O)C(=O)N(Cc2ccccc2)c2ccccc21. The number of hydrogen-bond donors (Lipinski definition) is 1. The fourth-order valence-corrected chi connectivity index (χ4v) is 3.29. The summed E-state index contributed by atoms with van der Waals surface area (Å²) in [6.45, 7) is 2.39. The Morgan fingerprint density at radius 3 is 2.54 bits per heavy atom. The number of para-hydroxylation sites is 1. The lowest BCUT2D eigenvalue weighted by Gasteiger charge is -2.22. The Balaban J connectivity index is 1.90. The predicted octanol–water partition coefficient (Wildman–Crippen LogP) is 3.74. The van der Waals surface area contributed by atoms with Gasteiger partial charge in [0.25, 0.3) is 5.91 Å². The number of nitrogens with zero attached hydrogens (tertiary/aromatic N) is 1. The first-order chi connectivity index (χ1) is 12.6. The highest BCUT2D eigenvalue weighted by molar-refractivity contribution is 6.09. The smallest absolute Gasteiger partial charge is 0.264 e. The zero-order chi connectivity index (χ0) is 18.6. The quantitative estimate of drug-likeness (QED) is 0.775. The van der Waals surface area contributed by atoms with Crippen molar-refractivity contribution in [1.82, 2.24) is 0 Å². The summed E-state index contributed by atoms with van der Waals surface area (Å²) in [6.07, 6.45) is 4.76. The second-order valence-electron chi connectivity index (χ2n) is 6.59. The molecule has 2 aromatic carbocycles. The number of ketones is 1. The summed E-state index contributed by atoms with van der Waals surface area (Å²) in [4.78, 5) is 26.9. The summed E-state index contributed by atoms with van der Waals surface area (Å²) in [6, 6.07) is 16.8. The van der Waals surface area contributed by atoms with E-state index in [0.717, 1.165) is 18.4 Å². The molecule has 1 heterocycles. The first-order valence-electron chi connectivity index (χ1n) is 8.93. The van der Waals surface area contributed by atoms with Crippen molar-refractivity contribution in [2.24, 2.45) is 0 Å². The third-order valence-electron chi connectivity index (χ3n) is 4.61. The van der Waals surface area contributed by atoms with E-state index in [0.29, 0.717) is 17.8 Å². The number of unbranched alkanes of at least 4 members (excludes halogenated alkanes) is 1. The van der Waals surface area contributed by atoms with Gasteiger partial charge in [-0.15, -0.1) is 0 Å². The summed E-state index contributed by atoms with van der Waals surface area (Å²) in [5.41, 5.74) is 0.320. The van der Waals surface area contributed by atoms with Gasteiger partial charge >= 0.3 is 0 Å². The lowest BCUT2D eigenvalue weighted by Crippen LogP contribution is -2.41. The minimum Gasteiger partial charge on any atom is -0.375 e. The van der Waals surface area contributed by atoms with Crippen LogP contribution in [0.5, 0.6) is 0 Å². The molecule has 1 aliphatic heterocycles. The molecule has 1 amide bonds. The van der Waals surface area contributed by atoms with Crippen molar-refractivity contribution >= 4 is 17.4 Å². The molecule has 0 fully saturated rings. The van der Waals surface area contributed by atoms with Gasteiger partial charge in [0.15, 0.2) is 11.4 Å². The highest BCUT2D eigenvalue weighted by Gasteiger charge is 2.50. The summed E-state index contributed by atoms with van der Waals surface area (Å²) in [5, 5.41) is 11.1. The van der Waals surface area contributed by atoms with Crippen LogP contribution < -0.4 is 4.90 Å². The van der Waals surface area contributed by atoms with Crippen molar-refractivity contribution in [3.8, 4) is 0 Å². The summed E-state index contributed by atoms with van der Waals surface area (Å²) >= 11 is 0. The van der Waals surface area contributed by atoms with Crippen molar-refractivity contribution in [3.05, 3.63) is 77.9 Å². The number of hydrogen-bond acceptors (Lipinski definition) is 3. The van der Waals surface area contributed by atoms with Crippen LogP contribution in [0.1, 0.15) is 37.3 Å². The molecule has 2 aromatic rings. The normalized spacial score (nSPS) is 19.2. The Bertz CT molecular complexity index is 828. The average Bonchev–Trinajstić information content (AvgIpc) is 2.85. The molecule has 0 spiro atoms. The standard InChI is InChI=1S/C22H23NO3/c1-2-3-5-12-18(24)15-22(26)19-13-8-9-14-20(19)23(21(22)25)16-17-10-6-4-7-11-17/h4-14,26H,2-3,15-16H2,1H3/b12-5+. The molecule has 26 heavy (non-hydrogen) atoms. The molecule has 0 aliphatic carbocycles. The van der Waals surface area contributed by atoms with E-state index in [9.17, 15) is 14.7 Å². The van der Waals surface area contributed by atoms with Crippen LogP contribution in [0.25, 0.3) is 0 Å². The minimum atomic E-state index is -1.81. The van der Waals surface area contributed by atoms with E-state index in [1.165, 1.54) is 6.08 Å². The summed E-state index contributed by atoms with van der Waals surface area (Å²) < 4.78 is 0. The molecule has 0 bridgehead atoms. The van der Waals surface area contributed by atoms with Crippen molar-refractivity contribution in [3.63, 3.8) is 0 Å². The Hall–Kier alpha value is -2.72. The number of rotatable bonds is 7. The Kier molecular flexibility index (Phi) is 5.33. The van der Waals surface area contributed by atoms with Crippen molar-refractivity contribution in [2.75, 3.05) is 4.90 Å². The molecule has 4 nitrogen and oxygen atoms in total. The maximum atomic E-state index is 13.1. The van der Waals surface area contributed by atoms with Crippen LogP contribution in [0.4, 0.5) is 5.69 Å². The van der Waals surface area contributed by atoms with Gasteiger partial charge in [-0.1, -0.05) is 68.0 Å². The first-order valence-corrected chi connectivity index (χ1v) is 8.93. The molecule has 0 saturated carbocycles. The third kappa shape index (κ3) is 3.46. The molecule has 1 N–H and O–H groups in total. The molecule has 0 radical (unpaired) electrons. The second-order valence-corrected chi connectivity index (χ2v) is 6.59. The highest BCUT2D eigenvalue weighted by atomic mass is 16.3. The Morgan fingerprint density at radius 2 is 1.81 bits per heavy atom. The molecule has 4 heteroatoms. The van der Waals surface area contributed by atoms with E-state index in [4.69, 9.17) is 0 Å². The van der Waals surface area contributed by atoms with Crippen LogP contribution in [0.3, 0.4) is 0 Å². The van der Waals surface area contributed by atoms with E-state index >= 15 is 0 Å². The maximum Gasteiger partial charge on any atom is 0.264 e. The van der Waals surface area contributed by atoms with Crippen molar-refractivity contribution in [1.29, 1.82) is 0 Å². The molecule has 134 valence electrons. The first kappa shape index (κ1) is 18.1. The number of fused-ring (bicyclic) bond motifs is 1. The summed E-state index contributed by atoms with van der Waals surface area (Å²) in [7, 11) is 0. The Morgan fingerprint density at radius 1 is 1.12 bits per heavy atom. The fourth-order valence-electron chi connectivity index (χ4n) is 3.29. The highest BCUT2D eigenvalue weighted by Crippen LogP contribution is 2.43. The van der Waals surface area contributed by atoms with E-state index in [1.54, 1.807) is 23.1 Å².